The van der Waals surface area contributed by atoms with E-state index in [0.717, 1.165) is 42.5 Å². The van der Waals surface area contributed by atoms with Crippen molar-refractivity contribution < 1.29 is 4.79 Å². The number of hydrogen-bond acceptors (Lipinski definition) is 4. The van der Waals surface area contributed by atoms with Gasteiger partial charge in [0.25, 0.3) is 5.91 Å². The molecule has 3 rings (SSSR count). The van der Waals surface area contributed by atoms with Gasteiger partial charge in [-0.15, -0.1) is 11.3 Å². The number of fused-ring (bicyclic) bond motifs is 1. The largest absolute Gasteiger partial charge is 0.350 e. The highest BCUT2D eigenvalue weighted by Crippen LogP contribution is 2.37. The van der Waals surface area contributed by atoms with Crippen LogP contribution in [0.2, 0.25) is 0 Å². The topological polar surface area (TPSA) is 35.6 Å². The van der Waals surface area contributed by atoms with Crippen LogP contribution in [-0.2, 0) is 6.42 Å². The first-order valence-corrected chi connectivity index (χ1v) is 9.50. The first-order valence-electron chi connectivity index (χ1n) is 8.68. The van der Waals surface area contributed by atoms with Crippen molar-refractivity contribution in [2.24, 2.45) is 0 Å². The summed E-state index contributed by atoms with van der Waals surface area (Å²) in [5, 5.41) is 4.18. The third-order valence-electron chi connectivity index (χ3n) is 4.58. The molecular weight excluding hydrogens is 318 g/mol. The summed E-state index contributed by atoms with van der Waals surface area (Å²) in [6, 6.07) is 12.5. The highest BCUT2D eigenvalue weighted by atomic mass is 32.1. The van der Waals surface area contributed by atoms with E-state index >= 15 is 0 Å². The molecule has 0 atom stereocenters. The molecule has 0 saturated heterocycles. The van der Waals surface area contributed by atoms with Gasteiger partial charge in [0.15, 0.2) is 0 Å². The number of benzene rings is 1. The molecule has 4 nitrogen and oxygen atoms in total. The summed E-state index contributed by atoms with van der Waals surface area (Å²) in [5.74, 6) is 0.0332. The number of amides is 1. The lowest BCUT2D eigenvalue weighted by molar-refractivity contribution is 0.0953. The van der Waals surface area contributed by atoms with Crippen molar-refractivity contribution in [2.45, 2.75) is 20.3 Å². The predicted molar refractivity (Wildman–Crippen MR) is 102 cm³/mol. The summed E-state index contributed by atoms with van der Waals surface area (Å²) >= 11 is 1.57. The van der Waals surface area contributed by atoms with E-state index in [-0.39, 0.29) is 5.91 Å². The number of nitrogens with zero attached hydrogens (tertiary/aromatic N) is 2. The van der Waals surface area contributed by atoms with Gasteiger partial charge in [-0.1, -0.05) is 32.0 Å². The maximum atomic E-state index is 12.3. The fourth-order valence-corrected chi connectivity index (χ4v) is 4.08. The number of anilines is 2. The molecule has 0 radical (unpaired) electrons. The lowest BCUT2D eigenvalue weighted by atomic mass is 10.2. The van der Waals surface area contributed by atoms with Gasteiger partial charge in [-0.25, -0.2) is 0 Å². The molecule has 0 saturated carbocycles. The molecule has 1 aromatic carbocycles. The number of hydrogen-bond donors (Lipinski definition) is 1. The zero-order valence-electron chi connectivity index (χ0n) is 14.4. The van der Waals surface area contributed by atoms with E-state index < -0.39 is 0 Å². The van der Waals surface area contributed by atoms with Gasteiger partial charge in [0.1, 0.15) is 0 Å². The number of carbonyl (C=O) groups excluding carboxylic acids is 1. The summed E-state index contributed by atoms with van der Waals surface area (Å²) in [6.07, 6.45) is 1.07. The van der Waals surface area contributed by atoms with Crippen molar-refractivity contribution in [2.75, 3.05) is 37.6 Å². The molecule has 1 N–H and O–H groups in total. The molecule has 0 bridgehead atoms. The number of thiophene rings is 1. The van der Waals surface area contributed by atoms with Crippen molar-refractivity contribution in [3.63, 3.8) is 0 Å². The summed E-state index contributed by atoms with van der Waals surface area (Å²) < 4.78 is 0. The lowest BCUT2D eigenvalue weighted by Gasteiger charge is -2.18. The van der Waals surface area contributed by atoms with Crippen molar-refractivity contribution in [3.8, 4) is 0 Å². The van der Waals surface area contributed by atoms with Crippen LogP contribution in [0.1, 0.15) is 29.1 Å². The molecule has 5 heteroatoms. The van der Waals surface area contributed by atoms with Gasteiger partial charge in [0, 0.05) is 25.3 Å². The van der Waals surface area contributed by atoms with Crippen LogP contribution in [0.5, 0.6) is 0 Å². The van der Waals surface area contributed by atoms with E-state index in [0.29, 0.717) is 6.54 Å². The Hall–Kier alpha value is -1.85. The van der Waals surface area contributed by atoms with E-state index in [1.807, 2.05) is 6.07 Å². The Bertz CT molecular complexity index is 693. The first-order chi connectivity index (χ1) is 11.7. The molecule has 24 heavy (non-hydrogen) atoms. The third-order valence-corrected chi connectivity index (χ3v) is 5.68. The molecule has 1 amide bonds. The second-order valence-electron chi connectivity index (χ2n) is 5.95. The summed E-state index contributed by atoms with van der Waals surface area (Å²) in [5.41, 5.74) is 2.66. The van der Waals surface area contributed by atoms with Gasteiger partial charge in [0.2, 0.25) is 0 Å². The Morgan fingerprint density at radius 3 is 2.79 bits per heavy atom. The van der Waals surface area contributed by atoms with Gasteiger partial charge < -0.3 is 15.1 Å². The maximum Gasteiger partial charge on any atom is 0.261 e. The van der Waals surface area contributed by atoms with Crippen LogP contribution in [0.25, 0.3) is 0 Å². The average molecular weight is 343 g/mol. The van der Waals surface area contributed by atoms with Crippen LogP contribution in [-0.4, -0.2) is 43.5 Å². The van der Waals surface area contributed by atoms with Crippen LogP contribution >= 0.6 is 11.3 Å². The molecule has 2 heterocycles. The monoisotopic (exact) mass is 343 g/mol. The number of likely N-dealkylation sites (N-methyl/N-ethyl adjacent to an activating group) is 1. The van der Waals surface area contributed by atoms with Crippen molar-refractivity contribution in [1.82, 2.24) is 10.2 Å². The van der Waals surface area contributed by atoms with Gasteiger partial charge in [0.05, 0.1) is 9.88 Å². The SMILES string of the molecule is CCN(CC)CCNC(=O)c1ccc(N2CCc3ccccc32)s1. The van der Waals surface area contributed by atoms with E-state index in [1.165, 1.54) is 11.3 Å². The Morgan fingerprint density at radius 1 is 1.21 bits per heavy atom. The minimum absolute atomic E-state index is 0.0332. The van der Waals surface area contributed by atoms with Crippen LogP contribution in [0.4, 0.5) is 10.7 Å². The summed E-state index contributed by atoms with van der Waals surface area (Å²) in [7, 11) is 0. The smallest absolute Gasteiger partial charge is 0.261 e. The van der Waals surface area contributed by atoms with Crippen molar-refractivity contribution in [1.29, 1.82) is 0 Å². The summed E-state index contributed by atoms with van der Waals surface area (Å²) in [4.78, 5) is 17.7. The Kier molecular flexibility index (Phi) is 5.53. The molecular formula is C19H25N3OS. The normalized spacial score (nSPS) is 13.4. The van der Waals surface area contributed by atoms with Crippen molar-refractivity contribution in [3.05, 3.63) is 46.8 Å². The van der Waals surface area contributed by atoms with Crippen LogP contribution in [0, 0.1) is 0 Å². The minimum Gasteiger partial charge on any atom is -0.350 e. The molecule has 0 fully saturated rings. The number of para-hydroxylation sites is 1. The van der Waals surface area contributed by atoms with Crippen LogP contribution < -0.4 is 10.2 Å². The summed E-state index contributed by atoms with van der Waals surface area (Å²) in [6.45, 7) is 8.91. The highest BCUT2D eigenvalue weighted by molar-refractivity contribution is 7.18. The van der Waals surface area contributed by atoms with Gasteiger partial charge >= 0.3 is 0 Å². The second-order valence-corrected chi connectivity index (χ2v) is 7.01. The first kappa shape index (κ1) is 17.0. The third kappa shape index (κ3) is 3.62. The zero-order valence-corrected chi connectivity index (χ0v) is 15.2. The molecule has 2 aromatic rings. The van der Waals surface area contributed by atoms with Crippen molar-refractivity contribution >= 4 is 27.9 Å². The van der Waals surface area contributed by atoms with Gasteiger partial charge in [-0.3, -0.25) is 4.79 Å². The van der Waals surface area contributed by atoms with Crippen LogP contribution in [0.15, 0.2) is 36.4 Å². The van der Waals surface area contributed by atoms with E-state index in [2.05, 4.69) is 59.3 Å². The number of rotatable bonds is 7. The van der Waals surface area contributed by atoms with E-state index in [9.17, 15) is 4.79 Å². The predicted octanol–water partition coefficient (Wildman–Crippen LogP) is 3.51. The Labute approximate surface area is 148 Å². The molecule has 128 valence electrons. The lowest BCUT2D eigenvalue weighted by Crippen LogP contribution is -2.34. The van der Waals surface area contributed by atoms with Gasteiger partial charge in [-0.05, 0) is 43.3 Å². The maximum absolute atomic E-state index is 12.3. The number of nitrogens with one attached hydrogen (secondary N) is 1. The quantitative estimate of drug-likeness (QED) is 0.835. The van der Waals surface area contributed by atoms with Gasteiger partial charge in [-0.2, -0.15) is 0 Å². The standard InChI is InChI=1S/C19H25N3OS/c1-3-21(4-2)14-12-20-19(23)17-9-10-18(24-17)22-13-11-15-7-5-6-8-16(15)22/h5-10H,3-4,11-14H2,1-2H3,(H,20,23). The zero-order chi connectivity index (χ0) is 16.9. The molecule has 1 aromatic heterocycles. The van der Waals surface area contributed by atoms with E-state index in [1.54, 1.807) is 11.3 Å². The van der Waals surface area contributed by atoms with E-state index in [4.69, 9.17) is 0 Å². The molecule has 0 aliphatic carbocycles. The fraction of sp³-hybridized carbons (Fsp3) is 0.421. The van der Waals surface area contributed by atoms with Crippen LogP contribution in [0.3, 0.4) is 0 Å². The molecule has 0 spiro atoms. The minimum atomic E-state index is 0.0332. The average Bonchev–Trinajstić information content (AvgIpc) is 3.25. The highest BCUT2D eigenvalue weighted by Gasteiger charge is 2.22. The molecule has 1 aliphatic heterocycles. The molecule has 0 unspecified atom stereocenters. The fourth-order valence-electron chi connectivity index (χ4n) is 3.12. The second kappa shape index (κ2) is 7.81. The molecule has 1 aliphatic rings. The Morgan fingerprint density at radius 2 is 2.00 bits per heavy atom. The Balaban J connectivity index is 1.61. The number of carbonyl (C=O) groups is 1.